The van der Waals surface area contributed by atoms with Gasteiger partial charge in [0.15, 0.2) is 0 Å². The van der Waals surface area contributed by atoms with Crippen LogP contribution < -0.4 is 4.74 Å². The van der Waals surface area contributed by atoms with E-state index in [-0.39, 0.29) is 5.91 Å². The molecule has 0 atom stereocenters. The van der Waals surface area contributed by atoms with E-state index in [0.29, 0.717) is 11.6 Å². The highest BCUT2D eigenvalue weighted by Crippen LogP contribution is 2.28. The second kappa shape index (κ2) is 7.87. The minimum atomic E-state index is 0.0462. The number of likely N-dealkylation sites (tertiary alicyclic amines) is 1. The predicted octanol–water partition coefficient (Wildman–Crippen LogP) is 2.39. The van der Waals surface area contributed by atoms with Gasteiger partial charge in [0.25, 0.3) is 5.91 Å². The van der Waals surface area contributed by atoms with Gasteiger partial charge in [-0.2, -0.15) is 0 Å². The van der Waals surface area contributed by atoms with Crippen molar-refractivity contribution in [1.82, 2.24) is 29.5 Å². The second-order valence-corrected chi connectivity index (χ2v) is 7.97. The number of piperidine rings is 1. The summed E-state index contributed by atoms with van der Waals surface area (Å²) in [5.74, 6) is 3.15. The van der Waals surface area contributed by atoms with Crippen LogP contribution in [0, 0.1) is 0 Å². The molecule has 29 heavy (non-hydrogen) atoms. The van der Waals surface area contributed by atoms with Gasteiger partial charge in [0.2, 0.25) is 0 Å². The van der Waals surface area contributed by atoms with Crippen molar-refractivity contribution in [2.75, 3.05) is 34.3 Å². The molecule has 0 unspecified atom stereocenters. The lowest BCUT2D eigenvalue weighted by molar-refractivity contribution is 0.0705. The Balaban J connectivity index is 1.43. The number of methoxy groups -OCH3 is 1. The third-order valence-corrected chi connectivity index (χ3v) is 5.66. The Hall–Kier alpha value is -2.87. The standard InChI is InChI=1S/C21H28N6O2/c1-25(2)13-19-23-24-20(26(19)3)14-7-9-27(10-8-14)21(28)18-12-15-11-16(29-4)5-6-17(15)22-18/h5-6,11-12,14,22H,7-10,13H2,1-4H3. The molecule has 1 aliphatic heterocycles. The zero-order valence-corrected chi connectivity index (χ0v) is 17.5. The zero-order valence-electron chi connectivity index (χ0n) is 17.5. The lowest BCUT2D eigenvalue weighted by atomic mass is 9.95. The molecule has 0 radical (unpaired) electrons. The van der Waals surface area contributed by atoms with Crippen molar-refractivity contribution in [2.24, 2.45) is 7.05 Å². The lowest BCUT2D eigenvalue weighted by Crippen LogP contribution is -2.38. The number of aromatic nitrogens is 4. The van der Waals surface area contributed by atoms with Crippen LogP contribution in [-0.2, 0) is 13.6 Å². The van der Waals surface area contributed by atoms with E-state index >= 15 is 0 Å². The van der Waals surface area contributed by atoms with E-state index in [1.165, 1.54) is 0 Å². The molecule has 0 aliphatic carbocycles. The monoisotopic (exact) mass is 396 g/mol. The number of amides is 1. The van der Waals surface area contributed by atoms with Gasteiger partial charge in [0.05, 0.1) is 13.7 Å². The van der Waals surface area contributed by atoms with Gasteiger partial charge in [-0.3, -0.25) is 4.79 Å². The number of hydrogen-bond acceptors (Lipinski definition) is 5. The molecule has 3 aromatic rings. The maximum Gasteiger partial charge on any atom is 0.270 e. The third-order valence-electron chi connectivity index (χ3n) is 5.66. The summed E-state index contributed by atoms with van der Waals surface area (Å²) in [7, 11) is 7.73. The Kier molecular flexibility index (Phi) is 5.27. The van der Waals surface area contributed by atoms with Gasteiger partial charge in [-0.05, 0) is 51.2 Å². The van der Waals surface area contributed by atoms with Crippen molar-refractivity contribution in [1.29, 1.82) is 0 Å². The number of benzene rings is 1. The number of rotatable bonds is 5. The van der Waals surface area contributed by atoms with Crippen LogP contribution in [0.2, 0.25) is 0 Å². The number of carbonyl (C=O) groups excluding carboxylic acids is 1. The fourth-order valence-corrected chi connectivity index (χ4v) is 4.02. The van der Waals surface area contributed by atoms with Gasteiger partial charge in [-0.25, -0.2) is 0 Å². The molecule has 1 fully saturated rings. The summed E-state index contributed by atoms with van der Waals surface area (Å²) in [5, 5.41) is 9.76. The maximum atomic E-state index is 13.0. The van der Waals surface area contributed by atoms with E-state index in [9.17, 15) is 4.79 Å². The molecule has 1 aliphatic rings. The molecule has 1 N–H and O–H groups in total. The molecule has 154 valence electrons. The van der Waals surface area contributed by atoms with Crippen LogP contribution in [0.25, 0.3) is 10.9 Å². The van der Waals surface area contributed by atoms with Gasteiger partial charge < -0.3 is 24.1 Å². The first kappa shape index (κ1) is 19.4. The van der Waals surface area contributed by atoms with Crippen molar-refractivity contribution in [3.63, 3.8) is 0 Å². The number of aromatic amines is 1. The number of hydrogen-bond donors (Lipinski definition) is 1. The fourth-order valence-electron chi connectivity index (χ4n) is 4.02. The van der Waals surface area contributed by atoms with Crippen LogP contribution in [0.15, 0.2) is 24.3 Å². The highest BCUT2D eigenvalue weighted by atomic mass is 16.5. The SMILES string of the molecule is COc1ccc2[nH]c(C(=O)N3CCC(c4nnc(CN(C)C)n4C)CC3)cc2c1. The average Bonchev–Trinajstić information content (AvgIpc) is 3.30. The number of ether oxygens (including phenoxy) is 1. The molecule has 8 nitrogen and oxygen atoms in total. The third kappa shape index (κ3) is 3.85. The largest absolute Gasteiger partial charge is 0.497 e. The Morgan fingerprint density at radius 3 is 2.69 bits per heavy atom. The molecule has 0 bridgehead atoms. The first-order valence-electron chi connectivity index (χ1n) is 9.95. The van der Waals surface area contributed by atoms with E-state index in [4.69, 9.17) is 4.74 Å². The van der Waals surface area contributed by atoms with E-state index in [0.717, 1.165) is 60.8 Å². The fraction of sp³-hybridized carbons (Fsp3) is 0.476. The Morgan fingerprint density at radius 2 is 2.00 bits per heavy atom. The number of carbonyl (C=O) groups is 1. The topological polar surface area (TPSA) is 79.3 Å². The molecule has 0 spiro atoms. The van der Waals surface area contributed by atoms with E-state index in [1.807, 2.05) is 50.3 Å². The molecule has 3 heterocycles. The minimum Gasteiger partial charge on any atom is -0.497 e. The second-order valence-electron chi connectivity index (χ2n) is 7.97. The quantitative estimate of drug-likeness (QED) is 0.716. The Labute approximate surface area is 170 Å². The Morgan fingerprint density at radius 1 is 1.24 bits per heavy atom. The number of nitrogens with zero attached hydrogens (tertiary/aromatic N) is 5. The summed E-state index contributed by atoms with van der Waals surface area (Å²) in [6, 6.07) is 7.68. The van der Waals surface area contributed by atoms with Crippen molar-refractivity contribution < 1.29 is 9.53 Å². The van der Waals surface area contributed by atoms with Gasteiger partial charge in [0, 0.05) is 37.0 Å². The molecule has 1 amide bonds. The van der Waals surface area contributed by atoms with Gasteiger partial charge in [0.1, 0.15) is 23.1 Å². The molecule has 1 aromatic carbocycles. The summed E-state index contributed by atoms with van der Waals surface area (Å²) >= 11 is 0. The number of fused-ring (bicyclic) bond motifs is 1. The molecule has 0 saturated carbocycles. The van der Waals surface area contributed by atoms with Crippen LogP contribution in [0.4, 0.5) is 0 Å². The van der Waals surface area contributed by atoms with Crippen molar-refractivity contribution in [3.8, 4) is 5.75 Å². The summed E-state index contributed by atoms with van der Waals surface area (Å²) in [5.41, 5.74) is 1.56. The Bertz CT molecular complexity index is 1010. The zero-order chi connectivity index (χ0) is 20.5. The summed E-state index contributed by atoms with van der Waals surface area (Å²) in [4.78, 5) is 20.2. The van der Waals surface area contributed by atoms with Crippen molar-refractivity contribution in [2.45, 2.75) is 25.3 Å². The molecule has 2 aromatic heterocycles. The molecule has 8 heteroatoms. The van der Waals surface area contributed by atoms with Crippen LogP contribution in [0.5, 0.6) is 5.75 Å². The highest BCUT2D eigenvalue weighted by molar-refractivity contribution is 5.98. The van der Waals surface area contributed by atoms with E-state index in [2.05, 4.69) is 24.6 Å². The number of H-pyrrole nitrogens is 1. The molecule has 4 rings (SSSR count). The van der Waals surface area contributed by atoms with E-state index in [1.54, 1.807) is 7.11 Å². The van der Waals surface area contributed by atoms with Crippen molar-refractivity contribution >= 4 is 16.8 Å². The van der Waals surface area contributed by atoms with Crippen LogP contribution >= 0.6 is 0 Å². The van der Waals surface area contributed by atoms with Gasteiger partial charge in [-0.15, -0.1) is 10.2 Å². The van der Waals surface area contributed by atoms with Crippen molar-refractivity contribution in [3.05, 3.63) is 41.6 Å². The lowest BCUT2D eigenvalue weighted by Gasteiger charge is -2.31. The van der Waals surface area contributed by atoms with Crippen LogP contribution in [0.3, 0.4) is 0 Å². The minimum absolute atomic E-state index is 0.0462. The average molecular weight is 396 g/mol. The maximum absolute atomic E-state index is 13.0. The smallest absolute Gasteiger partial charge is 0.270 e. The van der Waals surface area contributed by atoms with Gasteiger partial charge in [-0.1, -0.05) is 0 Å². The highest BCUT2D eigenvalue weighted by Gasteiger charge is 2.28. The van der Waals surface area contributed by atoms with Crippen LogP contribution in [-0.4, -0.2) is 69.8 Å². The first-order valence-corrected chi connectivity index (χ1v) is 9.95. The first-order chi connectivity index (χ1) is 14.0. The van der Waals surface area contributed by atoms with Crippen LogP contribution in [0.1, 0.15) is 40.9 Å². The van der Waals surface area contributed by atoms with Gasteiger partial charge >= 0.3 is 0 Å². The molecular formula is C21H28N6O2. The summed E-state index contributed by atoms with van der Waals surface area (Å²) in [6.07, 6.45) is 1.79. The number of nitrogens with one attached hydrogen (secondary N) is 1. The molecule has 1 saturated heterocycles. The summed E-state index contributed by atoms with van der Waals surface area (Å²) in [6.45, 7) is 2.21. The summed E-state index contributed by atoms with van der Waals surface area (Å²) < 4.78 is 7.37. The predicted molar refractivity (Wildman–Crippen MR) is 111 cm³/mol. The van der Waals surface area contributed by atoms with E-state index < -0.39 is 0 Å². The molecular weight excluding hydrogens is 368 g/mol. The normalized spacial score (nSPS) is 15.4.